The summed E-state index contributed by atoms with van der Waals surface area (Å²) >= 11 is 0. The van der Waals surface area contributed by atoms with Crippen LogP contribution in [0.5, 0.6) is 0 Å². The van der Waals surface area contributed by atoms with Gasteiger partial charge < -0.3 is 4.12 Å². The van der Waals surface area contributed by atoms with E-state index in [2.05, 4.69) is 50.5 Å². The third kappa shape index (κ3) is 18.6. The van der Waals surface area contributed by atoms with Gasteiger partial charge in [0.25, 0.3) is 0 Å². The van der Waals surface area contributed by atoms with Crippen molar-refractivity contribution in [1.29, 1.82) is 0 Å². The van der Waals surface area contributed by atoms with E-state index in [1.807, 2.05) is 24.3 Å². The Labute approximate surface area is 135 Å². The summed E-state index contributed by atoms with van der Waals surface area (Å²) < 4.78 is 5.45. The largest absolute Gasteiger partial charge is 2.00 e. The molecule has 0 aromatic rings. The fourth-order valence-corrected chi connectivity index (χ4v) is 4.35. The first-order valence-corrected chi connectivity index (χ1v) is 10.7. The molecule has 0 N–H and O–H groups in total. The molecule has 0 saturated heterocycles. The molecular formula is C14H22OSi2Zr. The number of hydrogen-bond donors (Lipinski definition) is 0. The van der Waals surface area contributed by atoms with Crippen LogP contribution in [0.25, 0.3) is 0 Å². The van der Waals surface area contributed by atoms with E-state index in [9.17, 15) is 0 Å². The maximum absolute atomic E-state index is 5.45. The summed E-state index contributed by atoms with van der Waals surface area (Å²) in [6, 6.07) is 0. The van der Waals surface area contributed by atoms with Gasteiger partial charge in [0.1, 0.15) is 0 Å². The minimum absolute atomic E-state index is 0. The van der Waals surface area contributed by atoms with E-state index in [4.69, 9.17) is 4.12 Å². The maximum Gasteiger partial charge on any atom is 2.00 e. The Morgan fingerprint density at radius 1 is 0.833 bits per heavy atom. The molecule has 0 aliphatic heterocycles. The number of rotatable bonds is 2. The third-order valence-corrected chi connectivity index (χ3v) is 4.85. The molecule has 96 valence electrons. The maximum atomic E-state index is 5.45. The average Bonchev–Trinajstić information content (AvgIpc) is 2.96. The Kier molecular flexibility index (Phi) is 17.5. The third-order valence-electron chi connectivity index (χ3n) is 1.58. The van der Waals surface area contributed by atoms with Gasteiger partial charge in [-0.05, 0) is 26.2 Å². The molecule has 2 aliphatic rings. The molecule has 4 heteroatoms. The first kappa shape index (κ1) is 20.6. The first-order valence-electron chi connectivity index (χ1n) is 5.84. The van der Waals surface area contributed by atoms with Gasteiger partial charge in [0.15, 0.2) is 18.1 Å². The smallest absolute Gasteiger partial charge is 0.456 e. The van der Waals surface area contributed by atoms with Gasteiger partial charge >= 0.3 is 26.2 Å². The van der Waals surface area contributed by atoms with E-state index in [1.165, 1.54) is 0 Å². The van der Waals surface area contributed by atoms with Gasteiger partial charge in [-0.2, -0.15) is 12.2 Å². The Bertz CT molecular complexity index is 234. The fourth-order valence-electron chi connectivity index (χ4n) is 1.09. The predicted molar refractivity (Wildman–Crippen MR) is 79.2 cm³/mol. The van der Waals surface area contributed by atoms with E-state index < -0.39 is 0 Å². The standard InChI is InChI=1S/2C5H5.C4H12OSi2.Zr/c2*1-2-4-5-3-1;1-6(2)5-7(3)4;/h2*1-3H,4H2;1-4H3;/q2*-1;;+2. The molecule has 0 unspecified atom stereocenters. The molecule has 0 aromatic heterocycles. The zero-order valence-electron chi connectivity index (χ0n) is 11.8. The molecule has 1 nitrogen and oxygen atoms in total. The van der Waals surface area contributed by atoms with Gasteiger partial charge in [0.2, 0.25) is 0 Å². The minimum Gasteiger partial charge on any atom is -0.456 e. The molecule has 2 rings (SSSR count). The molecule has 0 amide bonds. The van der Waals surface area contributed by atoms with Crippen LogP contribution in [-0.2, 0) is 30.3 Å². The SMILES string of the molecule is C[Si](C)O[Si](C)C.[C-]1=CC=CC1.[C-]1=CC=CC1.[Zr+2]. The summed E-state index contributed by atoms with van der Waals surface area (Å²) in [5.41, 5.74) is 0. The van der Waals surface area contributed by atoms with E-state index in [-0.39, 0.29) is 44.3 Å². The van der Waals surface area contributed by atoms with Crippen molar-refractivity contribution in [2.24, 2.45) is 0 Å². The number of hydrogen-bond acceptors (Lipinski definition) is 1. The van der Waals surface area contributed by atoms with Gasteiger partial charge in [0.05, 0.1) is 0 Å². The Morgan fingerprint density at radius 2 is 1.22 bits per heavy atom. The van der Waals surface area contributed by atoms with Gasteiger partial charge in [0, 0.05) is 0 Å². The summed E-state index contributed by atoms with van der Waals surface area (Å²) in [5, 5.41) is 0. The molecule has 2 aliphatic carbocycles. The quantitative estimate of drug-likeness (QED) is 0.536. The number of allylic oxidation sites excluding steroid dienone is 8. The average molecular weight is 354 g/mol. The van der Waals surface area contributed by atoms with Crippen LogP contribution in [-0.4, -0.2) is 18.1 Å². The van der Waals surface area contributed by atoms with E-state index in [0.717, 1.165) is 12.8 Å². The summed E-state index contributed by atoms with van der Waals surface area (Å²) in [6.45, 7) is 8.68. The minimum atomic E-state index is -0.389. The second kappa shape index (κ2) is 15.3. The molecule has 0 atom stereocenters. The van der Waals surface area contributed by atoms with Crippen molar-refractivity contribution < 1.29 is 30.3 Å². The van der Waals surface area contributed by atoms with Crippen molar-refractivity contribution >= 4 is 18.1 Å². The second-order valence-corrected chi connectivity index (χ2v) is 8.37. The van der Waals surface area contributed by atoms with Crippen LogP contribution >= 0.6 is 0 Å². The van der Waals surface area contributed by atoms with Crippen LogP contribution in [0.1, 0.15) is 12.8 Å². The predicted octanol–water partition coefficient (Wildman–Crippen LogP) is 4.11. The summed E-state index contributed by atoms with van der Waals surface area (Å²) in [4.78, 5) is 0. The van der Waals surface area contributed by atoms with Gasteiger partial charge in [-0.15, -0.1) is 12.8 Å². The topological polar surface area (TPSA) is 9.23 Å². The summed E-state index contributed by atoms with van der Waals surface area (Å²) in [7, 11) is -0.778. The molecule has 0 aromatic carbocycles. The van der Waals surface area contributed by atoms with E-state index >= 15 is 0 Å². The fraction of sp³-hybridized carbons (Fsp3) is 0.429. The van der Waals surface area contributed by atoms with Gasteiger partial charge in [-0.1, -0.05) is 0 Å². The van der Waals surface area contributed by atoms with Gasteiger partial charge in [-0.3, -0.25) is 12.2 Å². The zero-order chi connectivity index (χ0) is 12.9. The van der Waals surface area contributed by atoms with E-state index in [0.29, 0.717) is 0 Å². The Hall–Kier alpha value is 0.237. The van der Waals surface area contributed by atoms with Crippen LogP contribution in [0, 0.1) is 12.2 Å². The molecule has 0 bridgehead atoms. The van der Waals surface area contributed by atoms with Crippen molar-refractivity contribution in [2.45, 2.75) is 39.0 Å². The molecule has 0 heterocycles. The zero-order valence-corrected chi connectivity index (χ0v) is 16.2. The van der Waals surface area contributed by atoms with Crippen LogP contribution in [0.3, 0.4) is 0 Å². The summed E-state index contributed by atoms with van der Waals surface area (Å²) in [5.74, 6) is 0. The van der Waals surface area contributed by atoms with Crippen molar-refractivity contribution in [3.63, 3.8) is 0 Å². The van der Waals surface area contributed by atoms with Crippen molar-refractivity contribution in [3.8, 4) is 0 Å². The van der Waals surface area contributed by atoms with Crippen LogP contribution in [0.4, 0.5) is 0 Å². The monoisotopic (exact) mass is 352 g/mol. The molecule has 18 heavy (non-hydrogen) atoms. The summed E-state index contributed by atoms with van der Waals surface area (Å²) in [6.07, 6.45) is 20.0. The molecule has 0 spiro atoms. The Balaban J connectivity index is 0. The first-order chi connectivity index (χ1) is 8.13. The molecular weight excluding hydrogens is 332 g/mol. The van der Waals surface area contributed by atoms with Crippen molar-refractivity contribution in [1.82, 2.24) is 0 Å². The van der Waals surface area contributed by atoms with E-state index in [1.54, 1.807) is 0 Å². The van der Waals surface area contributed by atoms with Gasteiger partial charge in [-0.25, -0.2) is 24.3 Å². The molecule has 0 fully saturated rings. The van der Waals surface area contributed by atoms with Crippen LogP contribution < -0.4 is 0 Å². The molecule has 0 saturated carbocycles. The van der Waals surface area contributed by atoms with Crippen molar-refractivity contribution in [3.05, 3.63) is 48.6 Å². The second-order valence-electron chi connectivity index (χ2n) is 3.92. The van der Waals surface area contributed by atoms with Crippen LogP contribution in [0.15, 0.2) is 36.5 Å². The molecule has 2 radical (unpaired) electrons. The Morgan fingerprint density at radius 3 is 1.28 bits per heavy atom. The van der Waals surface area contributed by atoms with Crippen LogP contribution in [0.2, 0.25) is 26.2 Å². The normalized spacial score (nSPS) is 14.1. The van der Waals surface area contributed by atoms with Crippen molar-refractivity contribution in [2.75, 3.05) is 0 Å².